The maximum Gasteiger partial charge on any atom is 0.255 e. The molecule has 0 bridgehead atoms. The molecule has 3 aromatic heterocycles. The molecule has 0 aliphatic rings. The lowest BCUT2D eigenvalue weighted by atomic mass is 9.97. The summed E-state index contributed by atoms with van der Waals surface area (Å²) in [4.78, 5) is 25.6. The van der Waals surface area contributed by atoms with E-state index in [1.54, 1.807) is 30.3 Å². The third-order valence-electron chi connectivity index (χ3n) is 6.70. The van der Waals surface area contributed by atoms with E-state index in [-0.39, 0.29) is 16.9 Å². The minimum atomic E-state index is -3.69. The summed E-state index contributed by atoms with van der Waals surface area (Å²) in [5.74, 6) is -0.309. The van der Waals surface area contributed by atoms with Gasteiger partial charge in [-0.3, -0.25) is 9.10 Å². The van der Waals surface area contributed by atoms with E-state index in [0.717, 1.165) is 10.6 Å². The van der Waals surface area contributed by atoms with Crippen LogP contribution in [0.4, 0.5) is 10.1 Å². The SMILES string of the molecule is CNC(=O)c1c(-c2ccc(F)cc2)oc2cc(N(C)S(C)(=O)=O)c(-c3cccc(-c4nc5ncncc5o4)c3)cc12. The summed E-state index contributed by atoms with van der Waals surface area (Å²) in [5, 5.41) is 3.09. The maximum atomic E-state index is 13.7. The van der Waals surface area contributed by atoms with Gasteiger partial charge >= 0.3 is 0 Å². The van der Waals surface area contributed by atoms with Crippen molar-refractivity contribution in [2.75, 3.05) is 24.7 Å². The van der Waals surface area contributed by atoms with Crippen molar-refractivity contribution in [3.05, 3.63) is 84.6 Å². The van der Waals surface area contributed by atoms with E-state index >= 15 is 0 Å². The highest BCUT2D eigenvalue weighted by Crippen LogP contribution is 2.42. The number of rotatable bonds is 6. The van der Waals surface area contributed by atoms with Gasteiger partial charge in [0.2, 0.25) is 21.6 Å². The average Bonchev–Trinajstić information content (AvgIpc) is 3.57. The van der Waals surface area contributed by atoms with Crippen LogP contribution >= 0.6 is 0 Å². The van der Waals surface area contributed by atoms with Crippen molar-refractivity contribution in [2.45, 2.75) is 0 Å². The molecule has 3 aromatic carbocycles. The zero-order valence-corrected chi connectivity index (χ0v) is 22.9. The molecule has 6 rings (SSSR count). The Hall–Kier alpha value is -5.10. The number of hydrogen-bond acceptors (Lipinski definition) is 8. The summed E-state index contributed by atoms with van der Waals surface area (Å²) in [7, 11) is -0.757. The highest BCUT2D eigenvalue weighted by molar-refractivity contribution is 7.92. The summed E-state index contributed by atoms with van der Waals surface area (Å²) in [6, 6.07) is 16.1. The Morgan fingerprint density at radius 2 is 1.73 bits per heavy atom. The largest absolute Gasteiger partial charge is 0.455 e. The molecule has 3 heterocycles. The Morgan fingerprint density at radius 1 is 0.976 bits per heavy atom. The lowest BCUT2D eigenvalue weighted by molar-refractivity contribution is 0.0964. The van der Waals surface area contributed by atoms with E-state index in [2.05, 4.69) is 20.3 Å². The lowest BCUT2D eigenvalue weighted by Gasteiger charge is -2.21. The predicted octanol–water partition coefficient (Wildman–Crippen LogP) is 5.26. The molecule has 41 heavy (non-hydrogen) atoms. The number of aromatic nitrogens is 3. The van der Waals surface area contributed by atoms with Crippen LogP contribution < -0.4 is 9.62 Å². The van der Waals surface area contributed by atoms with Gasteiger partial charge in [-0.1, -0.05) is 12.1 Å². The van der Waals surface area contributed by atoms with Crippen molar-refractivity contribution in [1.29, 1.82) is 0 Å². The molecule has 1 amide bonds. The molecule has 0 atom stereocenters. The summed E-state index contributed by atoms with van der Waals surface area (Å²) in [5.41, 5.74) is 3.93. The van der Waals surface area contributed by atoms with Crippen molar-refractivity contribution in [3.8, 4) is 33.9 Å². The molecule has 0 unspecified atom stereocenters. The Kier molecular flexibility index (Phi) is 6.26. The first-order chi connectivity index (χ1) is 19.6. The van der Waals surface area contributed by atoms with E-state index in [9.17, 15) is 17.6 Å². The van der Waals surface area contributed by atoms with E-state index in [1.807, 2.05) is 6.07 Å². The normalized spacial score (nSPS) is 11.7. The van der Waals surface area contributed by atoms with Crippen LogP contribution in [-0.2, 0) is 10.0 Å². The highest BCUT2D eigenvalue weighted by Gasteiger charge is 2.26. The smallest absolute Gasteiger partial charge is 0.255 e. The fourth-order valence-corrected chi connectivity index (χ4v) is 5.10. The van der Waals surface area contributed by atoms with Gasteiger partial charge < -0.3 is 14.2 Å². The van der Waals surface area contributed by atoms with Gasteiger partial charge in [0, 0.05) is 42.2 Å². The molecule has 0 fully saturated rings. The van der Waals surface area contributed by atoms with Crippen molar-refractivity contribution in [2.24, 2.45) is 0 Å². The third kappa shape index (κ3) is 4.67. The molecule has 1 N–H and O–H groups in total. The first kappa shape index (κ1) is 26.1. The number of carbonyl (C=O) groups is 1. The number of sulfonamides is 1. The number of amides is 1. The molecular formula is C29H22FN5O5S. The van der Waals surface area contributed by atoms with Gasteiger partial charge in [-0.25, -0.2) is 22.8 Å². The molecular weight excluding hydrogens is 549 g/mol. The Labute approximate surface area is 233 Å². The summed E-state index contributed by atoms with van der Waals surface area (Å²) in [6.07, 6.45) is 4.00. The second-order valence-corrected chi connectivity index (χ2v) is 11.3. The number of carbonyl (C=O) groups excluding carboxylic acids is 1. The van der Waals surface area contributed by atoms with Gasteiger partial charge in [0.15, 0.2) is 5.58 Å². The number of nitrogens with zero attached hydrogens (tertiary/aromatic N) is 4. The van der Waals surface area contributed by atoms with Crippen LogP contribution in [0.3, 0.4) is 0 Å². The summed E-state index contributed by atoms with van der Waals surface area (Å²) in [6.45, 7) is 0. The van der Waals surface area contributed by atoms with Crippen LogP contribution in [0.5, 0.6) is 0 Å². The molecule has 0 spiro atoms. The Bertz CT molecular complexity index is 2040. The van der Waals surface area contributed by atoms with E-state index in [0.29, 0.717) is 50.4 Å². The number of anilines is 1. The second kappa shape index (κ2) is 9.82. The molecule has 6 aromatic rings. The fourth-order valence-electron chi connectivity index (χ4n) is 4.59. The summed E-state index contributed by atoms with van der Waals surface area (Å²) < 4.78 is 52.1. The fraction of sp³-hybridized carbons (Fsp3) is 0.103. The molecule has 0 saturated heterocycles. The van der Waals surface area contributed by atoms with Crippen LogP contribution in [0.2, 0.25) is 0 Å². The van der Waals surface area contributed by atoms with Gasteiger partial charge in [-0.15, -0.1) is 0 Å². The number of nitrogens with one attached hydrogen (secondary N) is 1. The second-order valence-electron chi connectivity index (χ2n) is 9.30. The zero-order chi connectivity index (χ0) is 28.9. The number of oxazole rings is 1. The number of furan rings is 1. The van der Waals surface area contributed by atoms with Gasteiger partial charge in [0.25, 0.3) is 5.91 Å². The molecule has 0 aliphatic heterocycles. The van der Waals surface area contributed by atoms with Crippen LogP contribution in [0, 0.1) is 5.82 Å². The average molecular weight is 572 g/mol. The van der Waals surface area contributed by atoms with E-state index in [4.69, 9.17) is 8.83 Å². The van der Waals surface area contributed by atoms with Gasteiger partial charge in [0.1, 0.15) is 23.5 Å². The van der Waals surface area contributed by atoms with Crippen molar-refractivity contribution >= 4 is 43.8 Å². The third-order valence-corrected chi connectivity index (χ3v) is 7.89. The zero-order valence-electron chi connectivity index (χ0n) is 22.0. The Balaban J connectivity index is 1.61. The summed E-state index contributed by atoms with van der Waals surface area (Å²) >= 11 is 0. The van der Waals surface area contributed by atoms with Gasteiger partial charge in [-0.05, 0) is 48.0 Å². The van der Waals surface area contributed by atoms with Gasteiger partial charge in [-0.2, -0.15) is 4.98 Å². The molecule has 10 nitrogen and oxygen atoms in total. The van der Waals surface area contributed by atoms with E-state index < -0.39 is 21.7 Å². The number of fused-ring (bicyclic) bond motifs is 2. The van der Waals surface area contributed by atoms with Crippen molar-refractivity contribution in [3.63, 3.8) is 0 Å². The van der Waals surface area contributed by atoms with Crippen LogP contribution in [-0.4, -0.2) is 49.6 Å². The van der Waals surface area contributed by atoms with Gasteiger partial charge in [0.05, 0.1) is 23.7 Å². The van der Waals surface area contributed by atoms with Crippen LogP contribution in [0.1, 0.15) is 10.4 Å². The van der Waals surface area contributed by atoms with Crippen LogP contribution in [0.15, 0.2) is 82.0 Å². The minimum Gasteiger partial charge on any atom is -0.455 e. The predicted molar refractivity (Wildman–Crippen MR) is 152 cm³/mol. The van der Waals surface area contributed by atoms with Crippen LogP contribution in [0.25, 0.3) is 56.1 Å². The molecule has 0 radical (unpaired) electrons. The minimum absolute atomic E-state index is 0.228. The monoisotopic (exact) mass is 571 g/mol. The highest BCUT2D eigenvalue weighted by atomic mass is 32.2. The first-order valence-corrected chi connectivity index (χ1v) is 14.2. The molecule has 0 aliphatic carbocycles. The van der Waals surface area contributed by atoms with Crippen molar-refractivity contribution in [1.82, 2.24) is 20.3 Å². The molecule has 0 saturated carbocycles. The standard InChI is InChI=1S/C29H22FN5O5S/c1-31-28(36)25-21-12-20(17-5-4-6-18(11-17)29-34-27-24(40-29)14-32-15-33-27)22(35(2)41(3,37)38)13-23(21)39-26(25)16-7-9-19(30)10-8-16/h4-15H,1-3H3,(H,31,36). The molecule has 206 valence electrons. The van der Waals surface area contributed by atoms with E-state index in [1.165, 1.54) is 50.9 Å². The first-order valence-electron chi connectivity index (χ1n) is 12.3. The topological polar surface area (TPSA) is 131 Å². The number of benzene rings is 3. The Morgan fingerprint density at radius 3 is 2.44 bits per heavy atom. The quantitative estimate of drug-likeness (QED) is 0.286. The number of hydrogen-bond donors (Lipinski definition) is 1. The maximum absolute atomic E-state index is 13.7. The van der Waals surface area contributed by atoms with Crippen molar-refractivity contribution < 1.29 is 26.4 Å². The number of halogens is 1. The lowest BCUT2D eigenvalue weighted by Crippen LogP contribution is -2.25. The molecule has 12 heteroatoms.